The second kappa shape index (κ2) is 13.1. The average Bonchev–Trinajstić information content (AvgIpc) is 3.30. The Balaban J connectivity index is 1.53. The maximum atomic E-state index is 12.5. The molecule has 0 atom stereocenters. The number of pyridine rings is 1. The van der Waals surface area contributed by atoms with Crippen LogP contribution in [0.1, 0.15) is 78.0 Å². The molecule has 0 aliphatic heterocycles. The Morgan fingerprint density at radius 3 is 2.56 bits per heavy atom. The van der Waals surface area contributed by atoms with Crippen LogP contribution in [0.2, 0.25) is 0 Å². The largest absolute Gasteiger partial charge is 0.490 e. The van der Waals surface area contributed by atoms with Gasteiger partial charge in [0.15, 0.2) is 0 Å². The van der Waals surface area contributed by atoms with Crippen molar-refractivity contribution in [2.45, 2.75) is 84.0 Å². The van der Waals surface area contributed by atoms with Crippen LogP contribution in [0.5, 0.6) is 5.75 Å². The summed E-state index contributed by atoms with van der Waals surface area (Å²) < 4.78 is 18.7. The van der Waals surface area contributed by atoms with Crippen LogP contribution in [0.4, 0.5) is 4.79 Å². The fourth-order valence-electron chi connectivity index (χ4n) is 4.12. The fraction of sp³-hybridized carbons (Fsp3) is 0.556. The highest BCUT2D eigenvalue weighted by atomic mass is 16.6. The fourth-order valence-corrected chi connectivity index (χ4v) is 4.12. The van der Waals surface area contributed by atoms with Gasteiger partial charge in [0.2, 0.25) is 0 Å². The first kappa shape index (κ1) is 27.2. The number of esters is 1. The third kappa shape index (κ3) is 9.02. The van der Waals surface area contributed by atoms with Crippen molar-refractivity contribution < 1.29 is 23.8 Å². The highest BCUT2D eigenvalue weighted by molar-refractivity contribution is 5.93. The number of carbonyl (C=O) groups is 2. The molecule has 1 N–H and O–H groups in total. The Morgan fingerprint density at radius 1 is 1.17 bits per heavy atom. The molecule has 0 radical (unpaired) electrons. The predicted octanol–water partition coefficient (Wildman–Crippen LogP) is 5.09. The normalized spacial score (nSPS) is 18.4. The van der Waals surface area contributed by atoms with Crippen molar-refractivity contribution in [2.75, 3.05) is 13.2 Å². The summed E-state index contributed by atoms with van der Waals surface area (Å²) in [5.74, 6) is 0.495. The number of ether oxygens (including phenoxy) is 3. The van der Waals surface area contributed by atoms with E-state index in [0.717, 1.165) is 31.4 Å². The molecule has 1 fully saturated rings. The monoisotopic (exact) mass is 498 g/mol. The maximum absolute atomic E-state index is 12.5. The van der Waals surface area contributed by atoms with E-state index < -0.39 is 11.7 Å². The SMILES string of the molecule is CCOC(=O)/C(=C/c1cn(C2CCC(Oc3ccncc3)CC2)cn1)CCCNC(=O)OC(C)(C)C. The number of alkyl carbamates (subject to hydrolysis) is 1. The van der Waals surface area contributed by atoms with E-state index >= 15 is 0 Å². The van der Waals surface area contributed by atoms with Crippen molar-refractivity contribution in [3.8, 4) is 5.75 Å². The number of hydrogen-bond donors (Lipinski definition) is 1. The van der Waals surface area contributed by atoms with E-state index in [2.05, 4.69) is 19.9 Å². The van der Waals surface area contributed by atoms with Crippen LogP contribution < -0.4 is 10.1 Å². The van der Waals surface area contributed by atoms with Crippen LogP contribution >= 0.6 is 0 Å². The van der Waals surface area contributed by atoms with E-state index in [0.29, 0.717) is 43.3 Å². The number of nitrogens with zero attached hydrogens (tertiary/aromatic N) is 3. The van der Waals surface area contributed by atoms with Gasteiger partial charge in [0.25, 0.3) is 0 Å². The zero-order valence-electron chi connectivity index (χ0n) is 21.7. The minimum atomic E-state index is -0.551. The minimum Gasteiger partial charge on any atom is -0.490 e. The summed E-state index contributed by atoms with van der Waals surface area (Å²) in [6.07, 6.45) is 13.8. The van der Waals surface area contributed by atoms with Gasteiger partial charge in [-0.2, -0.15) is 0 Å². The molecule has 9 nitrogen and oxygen atoms in total. The summed E-state index contributed by atoms with van der Waals surface area (Å²) in [6.45, 7) is 7.92. The van der Waals surface area contributed by atoms with Gasteiger partial charge in [-0.25, -0.2) is 14.6 Å². The van der Waals surface area contributed by atoms with E-state index in [-0.39, 0.29) is 12.1 Å². The van der Waals surface area contributed by atoms with E-state index in [1.165, 1.54) is 0 Å². The van der Waals surface area contributed by atoms with Crippen molar-refractivity contribution in [2.24, 2.45) is 0 Å². The quantitative estimate of drug-likeness (QED) is 0.276. The predicted molar refractivity (Wildman–Crippen MR) is 136 cm³/mol. The molecule has 9 heteroatoms. The lowest BCUT2D eigenvalue weighted by Gasteiger charge is -2.29. The van der Waals surface area contributed by atoms with E-state index in [9.17, 15) is 9.59 Å². The summed E-state index contributed by atoms with van der Waals surface area (Å²) >= 11 is 0. The van der Waals surface area contributed by atoms with Gasteiger partial charge in [-0.1, -0.05) is 0 Å². The number of aromatic nitrogens is 3. The lowest BCUT2D eigenvalue weighted by atomic mass is 9.93. The number of amides is 1. The lowest BCUT2D eigenvalue weighted by Crippen LogP contribution is -2.33. The number of carbonyl (C=O) groups excluding carboxylic acids is 2. The minimum absolute atomic E-state index is 0.205. The zero-order chi connectivity index (χ0) is 26.0. The topological polar surface area (TPSA) is 105 Å². The molecule has 0 spiro atoms. The number of nitrogens with one attached hydrogen (secondary N) is 1. The summed E-state index contributed by atoms with van der Waals surface area (Å²) in [5, 5.41) is 2.72. The standard InChI is InChI=1S/C27H38N4O5/c1-5-34-25(32)20(7-6-14-29-26(33)36-27(2,3)4)17-21-18-31(19-30-21)22-8-10-23(11-9-22)35-24-12-15-28-16-13-24/h12-13,15-19,22-23H,5-11,14H2,1-4H3,(H,29,33)/b20-17+. The van der Waals surface area contributed by atoms with Gasteiger partial charge in [-0.05, 0) is 84.4 Å². The molecule has 0 bridgehead atoms. The zero-order valence-corrected chi connectivity index (χ0v) is 21.7. The van der Waals surface area contributed by atoms with E-state index in [1.54, 1.807) is 25.4 Å². The van der Waals surface area contributed by atoms with E-state index in [1.807, 2.05) is 45.4 Å². The number of imidazole rings is 1. The Labute approximate surface area is 213 Å². The van der Waals surface area contributed by atoms with Crippen LogP contribution in [0.3, 0.4) is 0 Å². The van der Waals surface area contributed by atoms with Gasteiger partial charge in [-0.15, -0.1) is 0 Å². The first-order valence-corrected chi connectivity index (χ1v) is 12.7. The van der Waals surface area contributed by atoms with Crippen LogP contribution in [0.15, 0.2) is 42.6 Å². The smallest absolute Gasteiger partial charge is 0.407 e. The third-order valence-electron chi connectivity index (χ3n) is 5.79. The van der Waals surface area contributed by atoms with Gasteiger partial charge in [0, 0.05) is 36.8 Å². The molecule has 2 heterocycles. The van der Waals surface area contributed by atoms with Gasteiger partial charge >= 0.3 is 12.1 Å². The molecular weight excluding hydrogens is 460 g/mol. The van der Waals surface area contributed by atoms with Gasteiger partial charge in [-0.3, -0.25) is 4.98 Å². The van der Waals surface area contributed by atoms with Crippen LogP contribution in [0.25, 0.3) is 6.08 Å². The summed E-state index contributed by atoms with van der Waals surface area (Å²) in [5.41, 5.74) is 0.695. The Bertz CT molecular complexity index is 1000. The number of hydrogen-bond acceptors (Lipinski definition) is 7. The van der Waals surface area contributed by atoms with Gasteiger partial charge in [0.1, 0.15) is 11.4 Å². The molecule has 2 aromatic heterocycles. The van der Waals surface area contributed by atoms with Gasteiger partial charge in [0.05, 0.1) is 24.7 Å². The summed E-state index contributed by atoms with van der Waals surface area (Å²) in [4.78, 5) is 32.9. The third-order valence-corrected chi connectivity index (χ3v) is 5.79. The second-order valence-electron chi connectivity index (χ2n) is 9.90. The van der Waals surface area contributed by atoms with Crippen molar-refractivity contribution in [3.05, 3.63) is 48.3 Å². The lowest BCUT2D eigenvalue weighted by molar-refractivity contribution is -0.138. The first-order chi connectivity index (χ1) is 17.2. The molecule has 1 aliphatic rings. The molecule has 2 aromatic rings. The summed E-state index contributed by atoms with van der Waals surface area (Å²) in [7, 11) is 0. The van der Waals surface area contributed by atoms with Crippen molar-refractivity contribution in [1.82, 2.24) is 19.9 Å². The van der Waals surface area contributed by atoms with Gasteiger partial charge < -0.3 is 24.1 Å². The molecule has 0 saturated heterocycles. The molecule has 1 saturated carbocycles. The maximum Gasteiger partial charge on any atom is 0.407 e. The van der Waals surface area contributed by atoms with Crippen LogP contribution in [-0.4, -0.2) is 51.5 Å². The van der Waals surface area contributed by atoms with E-state index in [4.69, 9.17) is 14.2 Å². The van der Waals surface area contributed by atoms with Crippen LogP contribution in [-0.2, 0) is 14.3 Å². The molecule has 0 unspecified atom stereocenters. The molecule has 196 valence electrons. The Kier molecular flexibility index (Phi) is 9.90. The summed E-state index contributed by atoms with van der Waals surface area (Å²) in [6, 6.07) is 4.12. The first-order valence-electron chi connectivity index (χ1n) is 12.7. The average molecular weight is 499 g/mol. The Hall–Kier alpha value is -3.36. The molecule has 36 heavy (non-hydrogen) atoms. The van der Waals surface area contributed by atoms with Crippen molar-refractivity contribution in [3.63, 3.8) is 0 Å². The second-order valence-corrected chi connectivity index (χ2v) is 9.90. The van der Waals surface area contributed by atoms with Crippen molar-refractivity contribution >= 4 is 18.1 Å². The number of rotatable bonds is 10. The van der Waals surface area contributed by atoms with Crippen molar-refractivity contribution in [1.29, 1.82) is 0 Å². The molecule has 1 amide bonds. The Morgan fingerprint density at radius 2 is 1.89 bits per heavy atom. The molecule has 3 rings (SSSR count). The molecular formula is C27H38N4O5. The molecule has 0 aromatic carbocycles. The highest BCUT2D eigenvalue weighted by Gasteiger charge is 2.24. The van der Waals surface area contributed by atoms with Crippen LogP contribution in [0, 0.1) is 0 Å². The highest BCUT2D eigenvalue weighted by Crippen LogP contribution is 2.31. The molecule has 1 aliphatic carbocycles.